The molecule has 0 radical (unpaired) electrons. The third kappa shape index (κ3) is 3.00. The van der Waals surface area contributed by atoms with Crippen molar-refractivity contribution in [3.63, 3.8) is 0 Å². The minimum Gasteiger partial charge on any atom is -0.478 e. The molecule has 0 atom stereocenters. The second-order valence-corrected chi connectivity index (χ2v) is 4.38. The number of rotatable bonds is 3. The zero-order valence-corrected chi connectivity index (χ0v) is 10.7. The van der Waals surface area contributed by atoms with Crippen LogP contribution in [-0.4, -0.2) is 16.1 Å². The summed E-state index contributed by atoms with van der Waals surface area (Å²) in [5, 5.41) is 12.5. The number of carboxylic acids is 1. The van der Waals surface area contributed by atoms with E-state index in [0.29, 0.717) is 10.7 Å². The van der Waals surface area contributed by atoms with Crippen molar-refractivity contribution in [2.75, 3.05) is 5.32 Å². The van der Waals surface area contributed by atoms with Gasteiger partial charge in [0.15, 0.2) is 0 Å². The minimum atomic E-state index is -1.25. The monoisotopic (exact) mass is 280 g/mol. The van der Waals surface area contributed by atoms with Gasteiger partial charge in [0.2, 0.25) is 0 Å². The molecule has 0 spiro atoms. The van der Waals surface area contributed by atoms with Crippen LogP contribution in [0.3, 0.4) is 0 Å². The summed E-state index contributed by atoms with van der Waals surface area (Å²) in [6.45, 7) is 1.82. The molecular weight excluding hydrogens is 271 g/mol. The average molecular weight is 281 g/mol. The predicted octanol–water partition coefficient (Wildman–Crippen LogP) is 3.62. The Kier molecular flexibility index (Phi) is 3.66. The summed E-state index contributed by atoms with van der Waals surface area (Å²) < 4.78 is 13.0. The SMILES string of the molecule is Cc1cc(Cl)ccc1Nc1ncc(F)cc1C(=O)O. The molecule has 0 saturated heterocycles. The molecule has 2 rings (SSSR count). The predicted molar refractivity (Wildman–Crippen MR) is 70.6 cm³/mol. The number of aromatic carboxylic acids is 1. The first-order chi connectivity index (χ1) is 8.97. The Morgan fingerprint density at radius 2 is 2.16 bits per heavy atom. The maximum Gasteiger partial charge on any atom is 0.339 e. The number of carboxylic acid groups (broad SMARTS) is 1. The van der Waals surface area contributed by atoms with Crippen LogP contribution in [0.25, 0.3) is 0 Å². The van der Waals surface area contributed by atoms with Crippen molar-refractivity contribution >= 4 is 29.1 Å². The summed E-state index contributed by atoms with van der Waals surface area (Å²) in [5.41, 5.74) is 1.26. The van der Waals surface area contributed by atoms with Crippen LogP contribution in [0.5, 0.6) is 0 Å². The molecule has 2 aromatic rings. The van der Waals surface area contributed by atoms with Crippen LogP contribution < -0.4 is 5.32 Å². The first kappa shape index (κ1) is 13.3. The molecule has 0 aliphatic carbocycles. The molecule has 1 aromatic heterocycles. The van der Waals surface area contributed by atoms with Gasteiger partial charge in [-0.1, -0.05) is 11.6 Å². The Morgan fingerprint density at radius 1 is 1.42 bits per heavy atom. The zero-order chi connectivity index (χ0) is 14.0. The van der Waals surface area contributed by atoms with E-state index < -0.39 is 11.8 Å². The molecule has 98 valence electrons. The van der Waals surface area contributed by atoms with Crippen LogP contribution in [0.2, 0.25) is 5.02 Å². The van der Waals surface area contributed by atoms with E-state index in [0.717, 1.165) is 17.8 Å². The Balaban J connectivity index is 2.40. The second-order valence-electron chi connectivity index (χ2n) is 3.94. The molecule has 0 aliphatic rings. The van der Waals surface area contributed by atoms with E-state index in [9.17, 15) is 9.18 Å². The lowest BCUT2D eigenvalue weighted by atomic mass is 10.2. The van der Waals surface area contributed by atoms with Gasteiger partial charge >= 0.3 is 5.97 Å². The number of aryl methyl sites for hydroxylation is 1. The molecule has 6 heteroatoms. The van der Waals surface area contributed by atoms with Crippen molar-refractivity contribution in [1.29, 1.82) is 0 Å². The lowest BCUT2D eigenvalue weighted by Gasteiger charge is -2.11. The number of benzene rings is 1. The number of hydrogen-bond donors (Lipinski definition) is 2. The number of halogens is 2. The highest BCUT2D eigenvalue weighted by Crippen LogP contribution is 2.24. The normalized spacial score (nSPS) is 10.3. The van der Waals surface area contributed by atoms with E-state index in [1.54, 1.807) is 18.2 Å². The number of hydrogen-bond acceptors (Lipinski definition) is 3. The standard InChI is InChI=1S/C13H10ClFN2O2/c1-7-4-8(14)2-3-11(7)17-12-10(13(18)19)5-9(15)6-16-12/h2-6H,1H3,(H,16,17)(H,18,19). The minimum absolute atomic E-state index is 0.0827. The molecule has 1 heterocycles. The molecule has 4 nitrogen and oxygen atoms in total. The molecule has 2 N–H and O–H groups in total. The van der Waals surface area contributed by atoms with Crippen molar-refractivity contribution in [1.82, 2.24) is 4.98 Å². The number of nitrogens with zero attached hydrogens (tertiary/aromatic N) is 1. The molecule has 0 amide bonds. The van der Waals surface area contributed by atoms with E-state index in [1.807, 2.05) is 6.92 Å². The molecular formula is C13H10ClFN2O2. The van der Waals surface area contributed by atoms with Gasteiger partial charge in [-0.25, -0.2) is 14.2 Å². The van der Waals surface area contributed by atoms with E-state index in [4.69, 9.17) is 16.7 Å². The third-order valence-corrected chi connectivity index (χ3v) is 2.76. The maximum absolute atomic E-state index is 13.0. The Morgan fingerprint density at radius 3 is 2.79 bits per heavy atom. The highest BCUT2D eigenvalue weighted by molar-refractivity contribution is 6.30. The van der Waals surface area contributed by atoms with Crippen LogP contribution in [0.15, 0.2) is 30.5 Å². The van der Waals surface area contributed by atoms with Crippen LogP contribution in [0.1, 0.15) is 15.9 Å². The first-order valence-electron chi connectivity index (χ1n) is 5.39. The third-order valence-electron chi connectivity index (χ3n) is 2.53. The van der Waals surface area contributed by atoms with Gasteiger partial charge < -0.3 is 10.4 Å². The average Bonchev–Trinajstić information content (AvgIpc) is 2.34. The lowest BCUT2D eigenvalue weighted by molar-refractivity contribution is 0.0697. The van der Waals surface area contributed by atoms with Crippen molar-refractivity contribution in [2.45, 2.75) is 6.92 Å². The van der Waals surface area contributed by atoms with Gasteiger partial charge in [0, 0.05) is 10.7 Å². The molecule has 0 unspecified atom stereocenters. The molecule has 0 fully saturated rings. The van der Waals surface area contributed by atoms with Crippen LogP contribution in [-0.2, 0) is 0 Å². The van der Waals surface area contributed by atoms with E-state index >= 15 is 0 Å². The summed E-state index contributed by atoms with van der Waals surface area (Å²) >= 11 is 5.84. The summed E-state index contributed by atoms with van der Waals surface area (Å²) in [6, 6.07) is 6.02. The fourth-order valence-corrected chi connectivity index (χ4v) is 1.82. The number of nitrogens with one attached hydrogen (secondary N) is 1. The van der Waals surface area contributed by atoms with Crippen LogP contribution >= 0.6 is 11.6 Å². The highest BCUT2D eigenvalue weighted by atomic mass is 35.5. The number of carbonyl (C=O) groups is 1. The quantitative estimate of drug-likeness (QED) is 0.901. The fourth-order valence-electron chi connectivity index (χ4n) is 1.60. The topological polar surface area (TPSA) is 62.2 Å². The summed E-state index contributed by atoms with van der Waals surface area (Å²) in [4.78, 5) is 14.8. The Hall–Kier alpha value is -2.14. The summed E-state index contributed by atoms with van der Waals surface area (Å²) in [6.07, 6.45) is 0.958. The van der Waals surface area contributed by atoms with E-state index in [-0.39, 0.29) is 11.4 Å². The summed E-state index contributed by atoms with van der Waals surface area (Å²) in [5.74, 6) is -1.86. The molecule has 0 bridgehead atoms. The van der Waals surface area contributed by atoms with Crippen LogP contribution in [0.4, 0.5) is 15.9 Å². The van der Waals surface area contributed by atoms with Gasteiger partial charge in [0.25, 0.3) is 0 Å². The van der Waals surface area contributed by atoms with Gasteiger partial charge in [0.1, 0.15) is 17.2 Å². The van der Waals surface area contributed by atoms with Gasteiger partial charge in [-0.15, -0.1) is 0 Å². The van der Waals surface area contributed by atoms with E-state index in [1.165, 1.54) is 0 Å². The molecule has 0 aliphatic heterocycles. The number of aromatic nitrogens is 1. The number of pyridine rings is 1. The van der Waals surface area contributed by atoms with Gasteiger partial charge in [0.05, 0.1) is 6.20 Å². The van der Waals surface area contributed by atoms with Crippen LogP contribution in [0, 0.1) is 12.7 Å². The zero-order valence-electron chi connectivity index (χ0n) is 9.95. The van der Waals surface area contributed by atoms with Gasteiger partial charge in [-0.2, -0.15) is 0 Å². The Bertz CT molecular complexity index is 647. The van der Waals surface area contributed by atoms with Crippen molar-refractivity contribution in [3.05, 3.63) is 52.4 Å². The number of anilines is 2. The van der Waals surface area contributed by atoms with E-state index in [2.05, 4.69) is 10.3 Å². The maximum atomic E-state index is 13.0. The second kappa shape index (κ2) is 5.24. The Labute approximate surface area is 113 Å². The lowest BCUT2D eigenvalue weighted by Crippen LogP contribution is -2.06. The van der Waals surface area contributed by atoms with Crippen molar-refractivity contribution < 1.29 is 14.3 Å². The molecule has 0 saturated carbocycles. The largest absolute Gasteiger partial charge is 0.478 e. The van der Waals surface area contributed by atoms with Gasteiger partial charge in [-0.05, 0) is 36.8 Å². The van der Waals surface area contributed by atoms with Crippen molar-refractivity contribution in [3.8, 4) is 0 Å². The molecule has 1 aromatic carbocycles. The first-order valence-corrected chi connectivity index (χ1v) is 5.77. The summed E-state index contributed by atoms with van der Waals surface area (Å²) in [7, 11) is 0. The van der Waals surface area contributed by atoms with Crippen molar-refractivity contribution in [2.24, 2.45) is 0 Å². The molecule has 19 heavy (non-hydrogen) atoms. The fraction of sp³-hybridized carbons (Fsp3) is 0.0769. The highest BCUT2D eigenvalue weighted by Gasteiger charge is 2.13. The smallest absolute Gasteiger partial charge is 0.339 e. The van der Waals surface area contributed by atoms with Gasteiger partial charge in [-0.3, -0.25) is 0 Å².